The maximum Gasteiger partial charge on any atom is 0.307 e. The minimum atomic E-state index is -0.688. The molecule has 0 aromatic heterocycles. The van der Waals surface area contributed by atoms with Crippen LogP contribution in [0.25, 0.3) is 0 Å². The van der Waals surface area contributed by atoms with Crippen LogP contribution in [-0.2, 0) is 4.79 Å². The van der Waals surface area contributed by atoms with Gasteiger partial charge in [-0.1, -0.05) is 20.8 Å². The zero-order chi connectivity index (χ0) is 10.0. The summed E-state index contributed by atoms with van der Waals surface area (Å²) >= 11 is 0. The number of carboxylic acid groups (broad SMARTS) is 1. The molecule has 0 aliphatic carbocycles. The zero-order valence-electron chi connectivity index (χ0n) is 8.66. The van der Waals surface area contributed by atoms with Gasteiger partial charge in [0, 0.05) is 19.6 Å². The molecule has 1 aliphatic heterocycles. The molecule has 1 heterocycles. The molecule has 0 aromatic carbocycles. The number of rotatable bonds is 3. The van der Waals surface area contributed by atoms with Crippen LogP contribution in [0, 0.1) is 17.8 Å². The van der Waals surface area contributed by atoms with Crippen LogP contribution < -0.4 is 0 Å². The van der Waals surface area contributed by atoms with E-state index in [0.29, 0.717) is 18.4 Å². The van der Waals surface area contributed by atoms with Crippen molar-refractivity contribution in [2.24, 2.45) is 17.8 Å². The highest BCUT2D eigenvalue weighted by atomic mass is 16.4. The third kappa shape index (κ3) is 2.69. The number of likely N-dealkylation sites (tertiary alicyclic amines) is 1. The lowest BCUT2D eigenvalue weighted by molar-refractivity contribution is -0.141. The highest BCUT2D eigenvalue weighted by Gasteiger charge is 2.27. The molecule has 0 amide bonds. The van der Waals surface area contributed by atoms with Gasteiger partial charge in [0.1, 0.15) is 0 Å². The second kappa shape index (κ2) is 4.09. The van der Waals surface area contributed by atoms with E-state index in [2.05, 4.69) is 18.7 Å². The minimum absolute atomic E-state index is 0.238. The maximum atomic E-state index is 10.6. The molecule has 0 saturated carbocycles. The summed E-state index contributed by atoms with van der Waals surface area (Å²) in [7, 11) is 0. The zero-order valence-corrected chi connectivity index (χ0v) is 8.66. The van der Waals surface area contributed by atoms with E-state index in [1.54, 1.807) is 6.92 Å². The van der Waals surface area contributed by atoms with Crippen molar-refractivity contribution in [3.8, 4) is 0 Å². The molecule has 0 radical (unpaired) electrons. The molecule has 1 fully saturated rings. The smallest absolute Gasteiger partial charge is 0.307 e. The van der Waals surface area contributed by atoms with Crippen LogP contribution in [0.3, 0.4) is 0 Å². The number of hydrogen-bond donors (Lipinski definition) is 1. The lowest BCUT2D eigenvalue weighted by Crippen LogP contribution is -2.30. The molecule has 1 rings (SSSR count). The average molecular weight is 185 g/mol. The summed E-state index contributed by atoms with van der Waals surface area (Å²) in [6, 6.07) is 0. The average Bonchev–Trinajstić information content (AvgIpc) is 2.31. The van der Waals surface area contributed by atoms with Gasteiger partial charge in [0.05, 0.1) is 5.92 Å². The van der Waals surface area contributed by atoms with Gasteiger partial charge in [0.25, 0.3) is 0 Å². The van der Waals surface area contributed by atoms with Crippen molar-refractivity contribution in [3.05, 3.63) is 0 Å². The van der Waals surface area contributed by atoms with E-state index in [4.69, 9.17) is 5.11 Å². The summed E-state index contributed by atoms with van der Waals surface area (Å²) in [4.78, 5) is 12.9. The van der Waals surface area contributed by atoms with Gasteiger partial charge < -0.3 is 10.0 Å². The summed E-state index contributed by atoms with van der Waals surface area (Å²) < 4.78 is 0. The predicted octanol–water partition coefficient (Wildman–Crippen LogP) is 1.29. The number of carbonyl (C=O) groups is 1. The van der Waals surface area contributed by atoms with Crippen LogP contribution in [0.1, 0.15) is 20.8 Å². The summed E-state index contributed by atoms with van der Waals surface area (Å²) in [5.41, 5.74) is 0. The topological polar surface area (TPSA) is 40.5 Å². The van der Waals surface area contributed by atoms with Crippen LogP contribution in [0.15, 0.2) is 0 Å². The fraction of sp³-hybridized carbons (Fsp3) is 0.900. The summed E-state index contributed by atoms with van der Waals surface area (Å²) in [5.74, 6) is 0.492. The van der Waals surface area contributed by atoms with Crippen LogP contribution in [-0.4, -0.2) is 35.6 Å². The lowest BCUT2D eigenvalue weighted by Gasteiger charge is -2.17. The minimum Gasteiger partial charge on any atom is -0.481 e. The molecule has 1 aliphatic rings. The van der Waals surface area contributed by atoms with E-state index in [-0.39, 0.29) is 5.92 Å². The van der Waals surface area contributed by atoms with Crippen molar-refractivity contribution in [1.82, 2.24) is 4.90 Å². The largest absolute Gasteiger partial charge is 0.481 e. The van der Waals surface area contributed by atoms with E-state index < -0.39 is 5.97 Å². The molecule has 1 N–H and O–H groups in total. The summed E-state index contributed by atoms with van der Waals surface area (Å²) in [5, 5.41) is 8.75. The van der Waals surface area contributed by atoms with Gasteiger partial charge in [0.15, 0.2) is 0 Å². The number of aliphatic carboxylic acids is 1. The van der Waals surface area contributed by atoms with Crippen LogP contribution >= 0.6 is 0 Å². The lowest BCUT2D eigenvalue weighted by atomic mass is 10.0. The van der Waals surface area contributed by atoms with Crippen LogP contribution in [0.4, 0.5) is 0 Å². The molecule has 0 spiro atoms. The molecule has 1 saturated heterocycles. The molecule has 76 valence electrons. The van der Waals surface area contributed by atoms with Crippen molar-refractivity contribution in [2.45, 2.75) is 20.8 Å². The first-order valence-corrected chi connectivity index (χ1v) is 4.96. The Balaban J connectivity index is 2.35. The number of carboxylic acids is 1. The second-order valence-electron chi connectivity index (χ2n) is 4.41. The Labute approximate surface area is 79.7 Å². The third-order valence-electron chi connectivity index (χ3n) is 3.02. The highest BCUT2D eigenvalue weighted by Crippen LogP contribution is 2.22. The monoisotopic (exact) mass is 185 g/mol. The Kier molecular flexibility index (Phi) is 3.31. The van der Waals surface area contributed by atoms with Gasteiger partial charge in [-0.25, -0.2) is 0 Å². The highest BCUT2D eigenvalue weighted by molar-refractivity contribution is 5.69. The van der Waals surface area contributed by atoms with E-state index >= 15 is 0 Å². The van der Waals surface area contributed by atoms with E-state index in [9.17, 15) is 4.79 Å². The van der Waals surface area contributed by atoms with E-state index in [0.717, 1.165) is 13.1 Å². The molecular weight excluding hydrogens is 166 g/mol. The van der Waals surface area contributed by atoms with Gasteiger partial charge >= 0.3 is 5.97 Å². The number of nitrogens with zero attached hydrogens (tertiary/aromatic N) is 1. The Morgan fingerprint density at radius 3 is 2.31 bits per heavy atom. The van der Waals surface area contributed by atoms with E-state index in [1.807, 2.05) is 0 Å². The van der Waals surface area contributed by atoms with Crippen molar-refractivity contribution in [1.29, 1.82) is 0 Å². The summed E-state index contributed by atoms with van der Waals surface area (Å²) in [6.45, 7) is 9.05. The van der Waals surface area contributed by atoms with Gasteiger partial charge in [0.2, 0.25) is 0 Å². The van der Waals surface area contributed by atoms with Gasteiger partial charge in [-0.2, -0.15) is 0 Å². The SMILES string of the molecule is CC(CN1CC(C)C(C)C1)C(=O)O. The maximum absolute atomic E-state index is 10.6. The Hall–Kier alpha value is -0.570. The predicted molar refractivity (Wildman–Crippen MR) is 51.6 cm³/mol. The molecule has 3 heteroatoms. The van der Waals surface area contributed by atoms with Crippen molar-refractivity contribution < 1.29 is 9.90 Å². The molecule has 0 bridgehead atoms. The summed E-state index contributed by atoms with van der Waals surface area (Å²) in [6.07, 6.45) is 0. The standard InChI is InChI=1S/C10H19NO2/c1-7-4-11(5-8(7)2)6-9(3)10(12)13/h7-9H,4-6H2,1-3H3,(H,12,13). The first-order chi connectivity index (χ1) is 6.00. The number of hydrogen-bond acceptors (Lipinski definition) is 2. The van der Waals surface area contributed by atoms with Crippen LogP contribution in [0.2, 0.25) is 0 Å². The van der Waals surface area contributed by atoms with E-state index in [1.165, 1.54) is 0 Å². The molecule has 0 aromatic rings. The van der Waals surface area contributed by atoms with Gasteiger partial charge in [-0.15, -0.1) is 0 Å². The third-order valence-corrected chi connectivity index (χ3v) is 3.02. The fourth-order valence-corrected chi connectivity index (χ4v) is 1.86. The Morgan fingerprint density at radius 1 is 1.46 bits per heavy atom. The Bertz CT molecular complexity index is 183. The van der Waals surface area contributed by atoms with Crippen molar-refractivity contribution in [3.63, 3.8) is 0 Å². The van der Waals surface area contributed by atoms with Crippen molar-refractivity contribution >= 4 is 5.97 Å². The molecule has 13 heavy (non-hydrogen) atoms. The fourth-order valence-electron chi connectivity index (χ4n) is 1.86. The van der Waals surface area contributed by atoms with Gasteiger partial charge in [-0.3, -0.25) is 4.79 Å². The quantitative estimate of drug-likeness (QED) is 0.720. The Morgan fingerprint density at radius 2 is 1.92 bits per heavy atom. The van der Waals surface area contributed by atoms with Gasteiger partial charge in [-0.05, 0) is 11.8 Å². The van der Waals surface area contributed by atoms with Crippen LogP contribution in [0.5, 0.6) is 0 Å². The molecular formula is C10H19NO2. The molecule has 3 nitrogen and oxygen atoms in total. The second-order valence-corrected chi connectivity index (χ2v) is 4.41. The molecule has 3 atom stereocenters. The van der Waals surface area contributed by atoms with Crippen molar-refractivity contribution in [2.75, 3.05) is 19.6 Å². The molecule has 3 unspecified atom stereocenters. The normalized spacial score (nSPS) is 31.9. The first kappa shape index (κ1) is 10.5. The first-order valence-electron chi connectivity index (χ1n) is 4.96.